The summed E-state index contributed by atoms with van der Waals surface area (Å²) < 4.78 is 81.9. The number of nitrogen functional groups attached to an aromatic ring is 1. The fourth-order valence-electron chi connectivity index (χ4n) is 4.93. The number of carbonyl (C=O) groups excluding carboxylic acids is 1. The first-order valence-electron chi connectivity index (χ1n) is 14.8. The smallest absolute Gasteiger partial charge is 0.416 e. The Labute approximate surface area is 263 Å². The number of nitrogens with one attached hydrogen (secondary N) is 1. The molecule has 2 aromatic heterocycles. The third-order valence-corrected chi connectivity index (χ3v) is 8.28. The van der Waals surface area contributed by atoms with Gasteiger partial charge in [-0.15, -0.1) is 0 Å². The van der Waals surface area contributed by atoms with E-state index < -0.39 is 59.1 Å². The molecule has 3 aromatic rings. The van der Waals surface area contributed by atoms with Gasteiger partial charge in [0.15, 0.2) is 17.7 Å². The number of hydrogen-bond donors (Lipinski definition) is 4. The van der Waals surface area contributed by atoms with Crippen molar-refractivity contribution in [2.45, 2.75) is 88.5 Å². The summed E-state index contributed by atoms with van der Waals surface area (Å²) in [5, 5.41) is 20.9. The maximum atomic E-state index is 12.8. The molecule has 1 amide bonds. The minimum Gasteiger partial charge on any atom is -0.494 e. The number of alkyl halides is 3. The number of hydrogen-bond acceptors (Lipinski definition) is 12. The van der Waals surface area contributed by atoms with Gasteiger partial charge in [-0.2, -0.15) is 21.6 Å². The minimum atomic E-state index is -4.50. The van der Waals surface area contributed by atoms with Crippen LogP contribution in [0.2, 0.25) is 0 Å². The molecule has 0 spiro atoms. The molecule has 4 atom stereocenters. The van der Waals surface area contributed by atoms with Gasteiger partial charge in [0.2, 0.25) is 5.91 Å². The molecule has 0 unspecified atom stereocenters. The van der Waals surface area contributed by atoms with Crippen LogP contribution in [0.4, 0.5) is 19.0 Å². The summed E-state index contributed by atoms with van der Waals surface area (Å²) in [4.78, 5) is 24.1. The third-order valence-electron chi connectivity index (χ3n) is 7.35. The summed E-state index contributed by atoms with van der Waals surface area (Å²) >= 11 is 0. The molecule has 14 nitrogen and oxygen atoms in total. The lowest BCUT2D eigenvalue weighted by atomic mass is 10.1. The van der Waals surface area contributed by atoms with Gasteiger partial charge in [0, 0.05) is 6.42 Å². The SMILES string of the molecule is Nc1ncnc2c1ncn2[C@@H]1O[C@H](COS(=O)(=O)NC(=O)CCCCCCCCCCOc2cccc(C(F)(F)F)c2)[C@@H](O)[C@H]1O. The number of anilines is 1. The highest BCUT2D eigenvalue weighted by molar-refractivity contribution is 7.85. The van der Waals surface area contributed by atoms with Crippen LogP contribution in [0.25, 0.3) is 11.2 Å². The van der Waals surface area contributed by atoms with Crippen LogP contribution in [0.5, 0.6) is 5.75 Å². The van der Waals surface area contributed by atoms with Gasteiger partial charge in [-0.1, -0.05) is 44.6 Å². The zero-order chi connectivity index (χ0) is 33.3. The van der Waals surface area contributed by atoms with Crippen LogP contribution < -0.4 is 15.2 Å². The number of imidazole rings is 1. The lowest BCUT2D eigenvalue weighted by Gasteiger charge is -2.16. The van der Waals surface area contributed by atoms with E-state index in [0.29, 0.717) is 25.9 Å². The van der Waals surface area contributed by atoms with Crippen molar-refractivity contribution < 1.29 is 50.3 Å². The van der Waals surface area contributed by atoms with Crippen LogP contribution >= 0.6 is 0 Å². The lowest BCUT2D eigenvalue weighted by Crippen LogP contribution is -2.37. The second kappa shape index (κ2) is 15.8. The Bertz CT molecular complexity index is 1560. The van der Waals surface area contributed by atoms with E-state index in [-0.39, 0.29) is 29.2 Å². The molecular weight excluding hydrogens is 637 g/mol. The van der Waals surface area contributed by atoms with E-state index in [2.05, 4.69) is 15.0 Å². The molecule has 1 aliphatic rings. The van der Waals surface area contributed by atoms with Crippen molar-refractivity contribution in [3.05, 3.63) is 42.5 Å². The van der Waals surface area contributed by atoms with Crippen molar-refractivity contribution in [3.8, 4) is 5.75 Å². The van der Waals surface area contributed by atoms with Crippen LogP contribution in [-0.4, -0.2) is 75.6 Å². The number of aromatic nitrogens is 4. The van der Waals surface area contributed by atoms with Crippen LogP contribution in [0, 0.1) is 0 Å². The average Bonchev–Trinajstić information content (AvgIpc) is 3.55. The van der Waals surface area contributed by atoms with Crippen LogP contribution in [-0.2, 0) is 30.2 Å². The van der Waals surface area contributed by atoms with Crippen LogP contribution in [0.15, 0.2) is 36.9 Å². The van der Waals surface area contributed by atoms with E-state index in [0.717, 1.165) is 44.2 Å². The molecule has 5 N–H and O–H groups in total. The van der Waals surface area contributed by atoms with E-state index >= 15 is 0 Å². The molecule has 1 aliphatic heterocycles. The molecule has 46 heavy (non-hydrogen) atoms. The second-order valence-corrected chi connectivity index (χ2v) is 12.2. The summed E-state index contributed by atoms with van der Waals surface area (Å²) in [7, 11) is -4.50. The molecule has 18 heteroatoms. The Morgan fingerprint density at radius 2 is 1.72 bits per heavy atom. The number of nitrogens with zero attached hydrogens (tertiary/aromatic N) is 4. The van der Waals surface area contributed by atoms with Gasteiger partial charge < -0.3 is 25.4 Å². The number of ether oxygens (including phenoxy) is 2. The highest BCUT2D eigenvalue weighted by Crippen LogP contribution is 2.33. The number of fused-ring (bicyclic) bond motifs is 1. The molecule has 3 heterocycles. The fourth-order valence-corrected chi connectivity index (χ4v) is 5.68. The monoisotopic (exact) mass is 674 g/mol. The van der Waals surface area contributed by atoms with Crippen LogP contribution in [0.1, 0.15) is 69.6 Å². The molecule has 0 bridgehead atoms. The van der Waals surface area contributed by atoms with Crippen molar-refractivity contribution in [1.82, 2.24) is 24.2 Å². The Balaban J connectivity index is 1.05. The van der Waals surface area contributed by atoms with E-state index in [9.17, 15) is 36.6 Å². The molecule has 1 aromatic carbocycles. The minimum absolute atomic E-state index is 0.0303. The molecule has 1 fully saturated rings. The van der Waals surface area contributed by atoms with Gasteiger partial charge in [-0.3, -0.25) is 13.5 Å². The summed E-state index contributed by atoms with van der Waals surface area (Å²) in [6.45, 7) is -0.340. The molecule has 0 saturated carbocycles. The van der Waals surface area contributed by atoms with Crippen molar-refractivity contribution in [2.75, 3.05) is 18.9 Å². The molecule has 254 valence electrons. The van der Waals surface area contributed by atoms with Gasteiger partial charge in [-0.25, -0.2) is 19.7 Å². The molecule has 4 rings (SSSR count). The Hall–Kier alpha value is -3.58. The number of nitrogens with two attached hydrogens (primary N) is 1. The van der Waals surface area contributed by atoms with Crippen molar-refractivity contribution >= 4 is 33.2 Å². The van der Waals surface area contributed by atoms with Crippen molar-refractivity contribution in [2.24, 2.45) is 0 Å². The van der Waals surface area contributed by atoms with E-state index in [4.69, 9.17) is 19.4 Å². The summed E-state index contributed by atoms with van der Waals surface area (Å²) in [5.74, 6) is -0.444. The number of unbranched alkanes of at least 4 members (excludes halogenated alkanes) is 7. The number of aliphatic hydroxyl groups is 2. The Morgan fingerprint density at radius 1 is 1.02 bits per heavy atom. The molecule has 1 saturated heterocycles. The standard InChI is InChI=1S/C28H37F3N6O8S/c29-28(30,31)18-10-9-11-19(14-18)43-13-8-6-4-2-1-3-5-7-12-21(38)36-46(41,42)44-15-20-23(39)24(40)27(45-20)37-17-35-22-25(32)33-16-34-26(22)37/h9-11,14,16-17,20,23-24,27,39-40H,1-8,12-13,15H2,(H,36,38)(H2,32,33,34)/t20-,23-,24-,27-/m1/s1. The number of benzene rings is 1. The summed E-state index contributed by atoms with van der Waals surface area (Å²) in [6, 6.07) is 4.79. The number of carbonyl (C=O) groups is 1. The molecular formula is C28H37F3N6O8S. The lowest BCUT2D eigenvalue weighted by molar-refractivity contribution is -0.137. The second-order valence-electron chi connectivity index (χ2n) is 10.8. The molecule has 0 aliphatic carbocycles. The predicted octanol–water partition coefficient (Wildman–Crippen LogP) is 3.01. The Morgan fingerprint density at radius 3 is 2.43 bits per heavy atom. The van der Waals surface area contributed by atoms with Crippen molar-refractivity contribution in [1.29, 1.82) is 0 Å². The number of halogens is 3. The maximum absolute atomic E-state index is 12.8. The van der Waals surface area contributed by atoms with Gasteiger partial charge in [-0.05, 0) is 31.0 Å². The Kier molecular flexibility index (Phi) is 12.1. The van der Waals surface area contributed by atoms with E-state index in [1.165, 1.54) is 29.4 Å². The topological polar surface area (TPSA) is 201 Å². The quantitative estimate of drug-likeness (QED) is 0.153. The predicted molar refractivity (Wildman–Crippen MR) is 157 cm³/mol. The summed E-state index contributed by atoms with van der Waals surface area (Å²) in [5.41, 5.74) is 5.53. The summed E-state index contributed by atoms with van der Waals surface area (Å²) in [6.07, 6.45) is -0.911. The molecule has 0 radical (unpaired) electrons. The van der Waals surface area contributed by atoms with Gasteiger partial charge in [0.1, 0.15) is 35.9 Å². The number of rotatable bonds is 17. The highest BCUT2D eigenvalue weighted by atomic mass is 32.2. The highest BCUT2D eigenvalue weighted by Gasteiger charge is 2.45. The largest absolute Gasteiger partial charge is 0.494 e. The fraction of sp³-hybridized carbons (Fsp3) is 0.571. The van der Waals surface area contributed by atoms with Crippen molar-refractivity contribution in [3.63, 3.8) is 0 Å². The third kappa shape index (κ3) is 9.71. The number of amides is 1. The normalized spacial score (nSPS) is 20.3. The maximum Gasteiger partial charge on any atom is 0.416 e. The first-order valence-corrected chi connectivity index (χ1v) is 16.2. The zero-order valence-electron chi connectivity index (χ0n) is 24.8. The van der Waals surface area contributed by atoms with E-state index in [1.807, 2.05) is 4.72 Å². The zero-order valence-corrected chi connectivity index (χ0v) is 25.6. The van der Waals surface area contributed by atoms with Gasteiger partial charge in [0.05, 0.1) is 25.1 Å². The van der Waals surface area contributed by atoms with Crippen LogP contribution in [0.3, 0.4) is 0 Å². The van der Waals surface area contributed by atoms with E-state index in [1.54, 1.807) is 0 Å². The first kappa shape index (κ1) is 35.3. The average molecular weight is 675 g/mol. The first-order chi connectivity index (χ1) is 21.9. The van der Waals surface area contributed by atoms with Gasteiger partial charge >= 0.3 is 16.5 Å². The van der Waals surface area contributed by atoms with Gasteiger partial charge in [0.25, 0.3) is 0 Å². The number of aliphatic hydroxyl groups excluding tert-OH is 2.